The van der Waals surface area contributed by atoms with Gasteiger partial charge in [0.2, 0.25) is 10.0 Å². The first-order valence-electron chi connectivity index (χ1n) is 10.0. The summed E-state index contributed by atoms with van der Waals surface area (Å²) in [6.07, 6.45) is 6.08. The Hall–Kier alpha value is -1.40. The minimum absolute atomic E-state index is 0.142. The number of aliphatic carboxylic acids is 1. The van der Waals surface area contributed by atoms with Gasteiger partial charge in [0.1, 0.15) is 6.04 Å². The van der Waals surface area contributed by atoms with E-state index in [2.05, 4.69) is 18.6 Å². The second-order valence-electron chi connectivity index (χ2n) is 9.40. The van der Waals surface area contributed by atoms with Crippen LogP contribution in [0.25, 0.3) is 0 Å². The smallest absolute Gasteiger partial charge is 0.322 e. The minimum Gasteiger partial charge on any atom is -0.480 e. The lowest BCUT2D eigenvalue weighted by atomic mass is 9.48. The number of sulfonamides is 1. The molecule has 27 heavy (non-hydrogen) atoms. The first-order valence-corrected chi connectivity index (χ1v) is 11.5. The normalized spacial score (nSPS) is 33.4. The molecule has 148 valence electrons. The highest BCUT2D eigenvalue weighted by molar-refractivity contribution is 7.89. The Kier molecular flexibility index (Phi) is 4.62. The fourth-order valence-corrected chi connectivity index (χ4v) is 7.52. The Morgan fingerprint density at radius 1 is 1.04 bits per heavy atom. The van der Waals surface area contributed by atoms with E-state index < -0.39 is 27.4 Å². The molecule has 0 unspecified atom stereocenters. The molecule has 0 saturated heterocycles. The zero-order valence-electron chi connectivity index (χ0n) is 16.0. The summed E-state index contributed by atoms with van der Waals surface area (Å²) in [6, 6.07) is 5.73. The topological polar surface area (TPSA) is 83.5 Å². The van der Waals surface area contributed by atoms with E-state index in [1.54, 1.807) is 24.3 Å². The van der Waals surface area contributed by atoms with E-state index >= 15 is 0 Å². The summed E-state index contributed by atoms with van der Waals surface area (Å²) in [6.45, 7) is 4.10. The maximum atomic E-state index is 12.9. The van der Waals surface area contributed by atoms with Crippen LogP contribution in [0.3, 0.4) is 0 Å². The molecule has 1 atom stereocenters. The van der Waals surface area contributed by atoms with E-state index in [9.17, 15) is 18.3 Å². The van der Waals surface area contributed by atoms with Crippen LogP contribution in [0.2, 0.25) is 0 Å². The third-order valence-corrected chi connectivity index (χ3v) is 8.51. The van der Waals surface area contributed by atoms with Crippen molar-refractivity contribution in [3.63, 3.8) is 0 Å². The molecule has 0 radical (unpaired) electrons. The average molecular weight is 392 g/mol. The Bertz CT molecular complexity index is 793. The van der Waals surface area contributed by atoms with Gasteiger partial charge in [-0.15, -0.1) is 0 Å². The molecule has 0 amide bonds. The summed E-state index contributed by atoms with van der Waals surface area (Å²) in [5.41, 5.74) is 0.635. The lowest BCUT2D eigenvalue weighted by Gasteiger charge is -2.58. The van der Waals surface area contributed by atoms with Crippen LogP contribution in [0.4, 0.5) is 0 Å². The third-order valence-electron chi connectivity index (χ3n) is 7.07. The van der Waals surface area contributed by atoms with Crippen molar-refractivity contribution in [3.05, 3.63) is 29.8 Å². The van der Waals surface area contributed by atoms with Gasteiger partial charge in [0.25, 0.3) is 0 Å². The Morgan fingerprint density at radius 3 is 1.93 bits per heavy atom. The van der Waals surface area contributed by atoms with Gasteiger partial charge in [0, 0.05) is 0 Å². The number of carboxylic acid groups (broad SMARTS) is 1. The van der Waals surface area contributed by atoms with Crippen molar-refractivity contribution in [1.29, 1.82) is 0 Å². The van der Waals surface area contributed by atoms with Crippen molar-refractivity contribution < 1.29 is 18.3 Å². The van der Waals surface area contributed by atoms with Crippen LogP contribution in [0.1, 0.15) is 63.9 Å². The largest absolute Gasteiger partial charge is 0.480 e. The maximum Gasteiger partial charge on any atom is 0.322 e. The van der Waals surface area contributed by atoms with Crippen LogP contribution in [-0.4, -0.2) is 25.5 Å². The summed E-state index contributed by atoms with van der Waals surface area (Å²) in [5.74, 6) is 0.960. The fourth-order valence-electron chi connectivity index (χ4n) is 6.22. The van der Waals surface area contributed by atoms with Gasteiger partial charge in [-0.25, -0.2) is 8.42 Å². The first kappa shape index (κ1) is 18.9. The maximum absolute atomic E-state index is 12.9. The molecule has 0 aromatic heterocycles. The number of hydrogen-bond acceptors (Lipinski definition) is 3. The molecule has 0 aliphatic heterocycles. The van der Waals surface area contributed by atoms with E-state index in [1.807, 2.05) is 0 Å². The molecule has 5 nitrogen and oxygen atoms in total. The van der Waals surface area contributed by atoms with Crippen molar-refractivity contribution in [2.75, 3.05) is 0 Å². The fraction of sp³-hybridized carbons (Fsp3) is 0.667. The van der Waals surface area contributed by atoms with Gasteiger partial charge in [-0.1, -0.05) is 26.0 Å². The van der Waals surface area contributed by atoms with Crippen LogP contribution < -0.4 is 4.72 Å². The SMILES string of the molecule is CC(C)c1ccc(S(=O)(=O)N[C@@H](C(=O)O)C23CC4CC(CC(C4)C2)C3)cc1. The van der Waals surface area contributed by atoms with Crippen molar-refractivity contribution in [1.82, 2.24) is 4.72 Å². The van der Waals surface area contributed by atoms with Gasteiger partial charge in [0.05, 0.1) is 4.90 Å². The Labute approximate surface area is 161 Å². The van der Waals surface area contributed by atoms with Gasteiger partial charge in [-0.3, -0.25) is 4.79 Å². The highest BCUT2D eigenvalue weighted by atomic mass is 32.2. The zero-order valence-corrected chi connectivity index (χ0v) is 16.8. The second kappa shape index (κ2) is 6.59. The van der Waals surface area contributed by atoms with E-state index in [4.69, 9.17) is 0 Å². The quantitative estimate of drug-likeness (QED) is 0.773. The lowest BCUT2D eigenvalue weighted by Crippen LogP contribution is -2.59. The number of hydrogen-bond donors (Lipinski definition) is 2. The molecule has 4 saturated carbocycles. The second-order valence-corrected chi connectivity index (χ2v) is 11.1. The molecule has 5 rings (SSSR count). The van der Waals surface area contributed by atoms with Crippen molar-refractivity contribution in [3.8, 4) is 0 Å². The molecule has 4 aliphatic carbocycles. The van der Waals surface area contributed by atoms with Gasteiger partial charge >= 0.3 is 5.97 Å². The highest BCUT2D eigenvalue weighted by Crippen LogP contribution is 2.61. The minimum atomic E-state index is -3.87. The van der Waals surface area contributed by atoms with E-state index in [-0.39, 0.29) is 4.90 Å². The Balaban J connectivity index is 1.61. The van der Waals surface area contributed by atoms with Crippen LogP contribution in [0.5, 0.6) is 0 Å². The summed E-state index contributed by atoms with van der Waals surface area (Å²) < 4.78 is 28.5. The summed E-state index contributed by atoms with van der Waals surface area (Å²) in [5, 5.41) is 9.93. The van der Waals surface area contributed by atoms with Crippen LogP contribution in [0.15, 0.2) is 29.2 Å². The molecule has 4 fully saturated rings. The van der Waals surface area contributed by atoms with Crippen LogP contribution >= 0.6 is 0 Å². The number of rotatable bonds is 6. The molecular weight excluding hydrogens is 362 g/mol. The molecule has 0 heterocycles. The number of carboxylic acids is 1. The van der Waals surface area contributed by atoms with Crippen LogP contribution in [-0.2, 0) is 14.8 Å². The summed E-state index contributed by atoms with van der Waals surface area (Å²) in [4.78, 5) is 12.3. The predicted molar refractivity (Wildman–Crippen MR) is 103 cm³/mol. The van der Waals surface area contributed by atoms with E-state index in [1.165, 1.54) is 19.3 Å². The molecule has 4 bridgehead atoms. The number of benzene rings is 1. The standard InChI is InChI=1S/C21H29NO4S/c1-13(2)17-3-5-18(6-4-17)27(25,26)22-19(20(23)24)21-10-14-7-15(11-21)9-16(8-14)12-21/h3-6,13-16,19,22H,7-12H2,1-2H3,(H,23,24)/t14?,15?,16?,19-,21?/m0/s1. The summed E-state index contributed by atoms with van der Waals surface area (Å²) >= 11 is 0. The van der Waals surface area contributed by atoms with Gasteiger partial charge in [0.15, 0.2) is 0 Å². The third kappa shape index (κ3) is 3.42. The molecule has 1 aromatic rings. The molecule has 6 heteroatoms. The lowest BCUT2D eigenvalue weighted by molar-refractivity contribution is -0.150. The molecule has 2 N–H and O–H groups in total. The van der Waals surface area contributed by atoms with Crippen molar-refractivity contribution in [2.24, 2.45) is 23.2 Å². The molecule has 4 aliphatic rings. The van der Waals surface area contributed by atoms with Gasteiger partial charge < -0.3 is 5.11 Å². The molecule has 1 aromatic carbocycles. The highest BCUT2D eigenvalue weighted by Gasteiger charge is 2.56. The van der Waals surface area contributed by atoms with Crippen molar-refractivity contribution in [2.45, 2.75) is 69.2 Å². The number of carbonyl (C=O) groups is 1. The number of nitrogens with one attached hydrogen (secondary N) is 1. The van der Waals surface area contributed by atoms with Crippen LogP contribution in [0, 0.1) is 23.2 Å². The van der Waals surface area contributed by atoms with Gasteiger partial charge in [-0.05, 0) is 85.3 Å². The zero-order chi connectivity index (χ0) is 19.4. The molecule has 0 spiro atoms. The van der Waals surface area contributed by atoms with Crippen molar-refractivity contribution >= 4 is 16.0 Å². The van der Waals surface area contributed by atoms with E-state index in [0.717, 1.165) is 24.8 Å². The predicted octanol–water partition coefficient (Wildman–Crippen LogP) is 3.76. The van der Waals surface area contributed by atoms with Gasteiger partial charge in [-0.2, -0.15) is 4.72 Å². The molecular formula is C21H29NO4S. The average Bonchev–Trinajstić information content (AvgIpc) is 2.58. The Morgan fingerprint density at radius 2 is 1.52 bits per heavy atom. The first-order chi connectivity index (χ1) is 12.7. The van der Waals surface area contributed by atoms with E-state index in [0.29, 0.717) is 23.7 Å². The summed E-state index contributed by atoms with van der Waals surface area (Å²) in [7, 11) is -3.87. The monoisotopic (exact) mass is 391 g/mol.